The van der Waals surface area contributed by atoms with Crippen molar-refractivity contribution < 1.29 is 20.4 Å². The molecule has 0 saturated heterocycles. The van der Waals surface area contributed by atoms with Gasteiger partial charge >= 0.3 is 0 Å². The van der Waals surface area contributed by atoms with Gasteiger partial charge in [0.2, 0.25) is 0 Å². The molecule has 0 aliphatic heterocycles. The lowest BCUT2D eigenvalue weighted by Crippen LogP contribution is -2.67. The monoisotopic (exact) mass is 220 g/mol. The Morgan fingerprint density at radius 1 is 1.57 bits per heavy atom. The van der Waals surface area contributed by atoms with E-state index in [0.29, 0.717) is 12.2 Å². The van der Waals surface area contributed by atoms with E-state index in [1.807, 2.05) is 6.26 Å². The van der Waals surface area contributed by atoms with Crippen LogP contribution in [0.1, 0.15) is 13.3 Å². The molecule has 4 N–H and O–H groups in total. The Morgan fingerprint density at radius 2 is 2.14 bits per heavy atom. The largest absolute Gasteiger partial charge is 0.548 e. The van der Waals surface area contributed by atoms with Crippen molar-refractivity contribution in [3.05, 3.63) is 0 Å². The van der Waals surface area contributed by atoms with Crippen molar-refractivity contribution in [2.24, 2.45) is 0 Å². The summed E-state index contributed by atoms with van der Waals surface area (Å²) in [6.07, 6.45) is 2.25. The number of aliphatic carboxylic acids is 1. The van der Waals surface area contributed by atoms with Crippen LogP contribution in [0.5, 0.6) is 0 Å². The highest BCUT2D eigenvalue weighted by Crippen LogP contribution is 2.00. The number of hydrogen-bond donors (Lipinski definition) is 2. The molecule has 0 fully saturated rings. The van der Waals surface area contributed by atoms with Gasteiger partial charge in [0.05, 0.1) is 12.0 Å². The molecule has 5 nitrogen and oxygen atoms in total. The SMILES string of the molecule is CSCCC(NC(=O)C(C)[NH3+])C(=O)[O-]. The molecule has 0 saturated carbocycles. The molecular weight excluding hydrogens is 204 g/mol. The van der Waals surface area contributed by atoms with E-state index in [1.165, 1.54) is 11.8 Å². The third-order valence-electron chi connectivity index (χ3n) is 1.66. The molecule has 0 aromatic heterocycles. The molecule has 1 amide bonds. The molecule has 0 aliphatic carbocycles. The molecule has 0 bridgehead atoms. The van der Waals surface area contributed by atoms with Crippen molar-refractivity contribution >= 4 is 23.6 Å². The van der Waals surface area contributed by atoms with Crippen LogP contribution in [0.4, 0.5) is 0 Å². The van der Waals surface area contributed by atoms with Gasteiger partial charge in [-0.2, -0.15) is 11.8 Å². The third-order valence-corrected chi connectivity index (χ3v) is 2.30. The maximum Gasteiger partial charge on any atom is 0.278 e. The summed E-state index contributed by atoms with van der Waals surface area (Å²) in [5.41, 5.74) is 3.50. The van der Waals surface area contributed by atoms with Crippen molar-refractivity contribution in [3.63, 3.8) is 0 Å². The number of carboxylic acids is 1. The quantitative estimate of drug-likeness (QED) is 0.521. The first kappa shape index (κ1) is 13.2. The molecule has 14 heavy (non-hydrogen) atoms. The number of rotatable bonds is 6. The second-order valence-corrected chi connectivity index (χ2v) is 4.05. The fourth-order valence-corrected chi connectivity index (χ4v) is 1.27. The zero-order chi connectivity index (χ0) is 11.1. The van der Waals surface area contributed by atoms with E-state index in [2.05, 4.69) is 11.1 Å². The number of thioether (sulfide) groups is 1. The maximum absolute atomic E-state index is 11.1. The minimum absolute atomic E-state index is 0.361. The lowest BCUT2D eigenvalue weighted by atomic mass is 10.2. The predicted octanol–water partition coefficient (Wildman–Crippen LogP) is -2.40. The van der Waals surface area contributed by atoms with Gasteiger partial charge in [-0.25, -0.2) is 0 Å². The van der Waals surface area contributed by atoms with Gasteiger partial charge in [-0.1, -0.05) is 0 Å². The number of amides is 1. The van der Waals surface area contributed by atoms with Gasteiger partial charge in [-0.05, 0) is 25.4 Å². The van der Waals surface area contributed by atoms with Crippen LogP contribution < -0.4 is 16.2 Å². The standard InChI is InChI=1S/C8H16N2O3S/c1-5(9)7(11)10-6(8(12)13)3-4-14-2/h5-6H,3-4,9H2,1-2H3,(H,10,11)(H,12,13). The highest BCUT2D eigenvalue weighted by atomic mass is 32.2. The molecule has 0 radical (unpaired) electrons. The number of carbonyl (C=O) groups is 2. The van der Waals surface area contributed by atoms with Crippen LogP contribution in [0.15, 0.2) is 0 Å². The first-order valence-electron chi connectivity index (χ1n) is 4.32. The van der Waals surface area contributed by atoms with Crippen LogP contribution in [-0.2, 0) is 9.59 Å². The molecule has 2 atom stereocenters. The maximum atomic E-state index is 11.1. The zero-order valence-corrected chi connectivity index (χ0v) is 9.23. The van der Waals surface area contributed by atoms with Crippen molar-refractivity contribution in [3.8, 4) is 0 Å². The molecule has 0 spiro atoms. The van der Waals surface area contributed by atoms with E-state index in [4.69, 9.17) is 0 Å². The van der Waals surface area contributed by atoms with Crippen molar-refractivity contribution in [1.82, 2.24) is 5.32 Å². The van der Waals surface area contributed by atoms with E-state index in [1.54, 1.807) is 6.92 Å². The average Bonchev–Trinajstić information content (AvgIpc) is 2.10. The van der Waals surface area contributed by atoms with E-state index in [0.717, 1.165) is 0 Å². The third kappa shape index (κ3) is 5.08. The Bertz CT molecular complexity index is 209. The predicted molar refractivity (Wildman–Crippen MR) is 52.3 cm³/mol. The molecule has 0 aromatic rings. The number of hydrogen-bond acceptors (Lipinski definition) is 4. The molecule has 0 aliphatic rings. The highest BCUT2D eigenvalue weighted by Gasteiger charge is 2.17. The summed E-state index contributed by atoms with van der Waals surface area (Å²) >= 11 is 1.52. The Balaban J connectivity index is 4.09. The summed E-state index contributed by atoms with van der Waals surface area (Å²) in [5, 5.41) is 13.0. The van der Waals surface area contributed by atoms with Crippen LogP contribution in [-0.4, -0.2) is 36.0 Å². The molecule has 0 aromatic carbocycles. The Kier molecular flexibility index (Phi) is 6.31. The molecule has 0 rings (SSSR count). The first-order valence-corrected chi connectivity index (χ1v) is 5.71. The highest BCUT2D eigenvalue weighted by molar-refractivity contribution is 7.98. The lowest BCUT2D eigenvalue weighted by Gasteiger charge is -2.19. The van der Waals surface area contributed by atoms with Gasteiger partial charge in [0.15, 0.2) is 6.04 Å². The molecule has 0 heterocycles. The summed E-state index contributed by atoms with van der Waals surface area (Å²) in [4.78, 5) is 21.8. The van der Waals surface area contributed by atoms with E-state index >= 15 is 0 Å². The molecule has 82 valence electrons. The van der Waals surface area contributed by atoms with Crippen molar-refractivity contribution in [2.75, 3.05) is 12.0 Å². The number of carboxylic acid groups (broad SMARTS) is 1. The number of nitrogens with one attached hydrogen (secondary N) is 1. The van der Waals surface area contributed by atoms with Crippen LogP contribution >= 0.6 is 11.8 Å². The number of quaternary nitrogens is 1. The topological polar surface area (TPSA) is 96.9 Å². The molecular formula is C8H16N2O3S. The summed E-state index contributed by atoms with van der Waals surface area (Å²) < 4.78 is 0. The second kappa shape index (κ2) is 6.67. The van der Waals surface area contributed by atoms with Crippen molar-refractivity contribution in [2.45, 2.75) is 25.4 Å². The summed E-state index contributed by atoms with van der Waals surface area (Å²) in [7, 11) is 0. The van der Waals surface area contributed by atoms with Crippen molar-refractivity contribution in [1.29, 1.82) is 0 Å². The average molecular weight is 220 g/mol. The smallest absolute Gasteiger partial charge is 0.278 e. The Hall–Kier alpha value is -0.750. The Labute approximate surface area is 87.4 Å². The van der Waals surface area contributed by atoms with Gasteiger partial charge in [-0.3, -0.25) is 4.79 Å². The molecule has 6 heteroatoms. The Morgan fingerprint density at radius 3 is 2.50 bits per heavy atom. The minimum atomic E-state index is -1.24. The normalized spacial score (nSPS) is 14.5. The first-order chi connectivity index (χ1) is 6.49. The zero-order valence-electron chi connectivity index (χ0n) is 8.41. The van der Waals surface area contributed by atoms with E-state index < -0.39 is 18.1 Å². The lowest BCUT2D eigenvalue weighted by molar-refractivity contribution is -0.398. The van der Waals surface area contributed by atoms with Gasteiger partial charge in [0, 0.05) is 0 Å². The van der Waals surface area contributed by atoms with Crippen LogP contribution in [0.2, 0.25) is 0 Å². The van der Waals surface area contributed by atoms with E-state index in [9.17, 15) is 14.7 Å². The minimum Gasteiger partial charge on any atom is -0.548 e. The fraction of sp³-hybridized carbons (Fsp3) is 0.750. The van der Waals surface area contributed by atoms with Crippen LogP contribution in [0.3, 0.4) is 0 Å². The summed E-state index contributed by atoms with van der Waals surface area (Å²) in [5.74, 6) is -0.932. The summed E-state index contributed by atoms with van der Waals surface area (Å²) in [6, 6.07) is -1.36. The molecule has 2 unspecified atom stereocenters. The van der Waals surface area contributed by atoms with Gasteiger partial charge in [0.25, 0.3) is 5.91 Å². The van der Waals surface area contributed by atoms with Gasteiger partial charge < -0.3 is 21.0 Å². The summed E-state index contributed by atoms with van der Waals surface area (Å²) in [6.45, 7) is 1.61. The fourth-order valence-electron chi connectivity index (χ4n) is 0.799. The van der Waals surface area contributed by atoms with Gasteiger partial charge in [-0.15, -0.1) is 0 Å². The van der Waals surface area contributed by atoms with Gasteiger partial charge in [0.1, 0.15) is 0 Å². The number of carbonyl (C=O) groups excluding carboxylic acids is 2. The van der Waals surface area contributed by atoms with E-state index in [-0.39, 0.29) is 5.91 Å². The van der Waals surface area contributed by atoms with Crippen LogP contribution in [0, 0.1) is 0 Å². The second-order valence-electron chi connectivity index (χ2n) is 3.06. The van der Waals surface area contributed by atoms with Crippen LogP contribution in [0.25, 0.3) is 0 Å².